The second-order valence-electron chi connectivity index (χ2n) is 4.31. The molecule has 1 aromatic carbocycles. The van der Waals surface area contributed by atoms with E-state index in [1.54, 1.807) is 18.2 Å². The van der Waals surface area contributed by atoms with E-state index in [4.69, 9.17) is 4.74 Å². The summed E-state index contributed by atoms with van der Waals surface area (Å²) in [7, 11) is 0. The van der Waals surface area contributed by atoms with Crippen LogP contribution in [-0.2, 0) is 6.54 Å². The number of hydrogen-bond donors (Lipinski definition) is 1. The quantitative estimate of drug-likeness (QED) is 0.457. The summed E-state index contributed by atoms with van der Waals surface area (Å²) in [5.41, 5.74) is 0.985. The van der Waals surface area contributed by atoms with Crippen LogP contribution in [0.4, 0.5) is 5.69 Å². The molecule has 0 radical (unpaired) electrons. The third-order valence-electron chi connectivity index (χ3n) is 2.75. The number of ether oxygens (including phenoxy) is 1. The molecule has 0 saturated heterocycles. The summed E-state index contributed by atoms with van der Waals surface area (Å²) in [6.45, 7) is 4.51. The van der Waals surface area contributed by atoms with Crippen molar-refractivity contribution in [3.63, 3.8) is 0 Å². The highest BCUT2D eigenvalue weighted by Crippen LogP contribution is 2.28. The van der Waals surface area contributed by atoms with E-state index in [0.29, 0.717) is 18.3 Å². The van der Waals surface area contributed by atoms with Crippen LogP contribution in [0, 0.1) is 10.1 Å². The van der Waals surface area contributed by atoms with Crippen LogP contribution in [0.2, 0.25) is 0 Å². The molecule has 18 heavy (non-hydrogen) atoms. The number of rotatable bonds is 7. The van der Waals surface area contributed by atoms with Crippen LogP contribution in [0.1, 0.15) is 18.4 Å². The summed E-state index contributed by atoms with van der Waals surface area (Å²) in [6.07, 6.45) is 4.00. The minimum Gasteiger partial charge on any atom is -0.483 e. The van der Waals surface area contributed by atoms with Gasteiger partial charge in [-0.15, -0.1) is 0 Å². The topological polar surface area (TPSA) is 64.4 Å². The molecule has 0 unspecified atom stereocenters. The Morgan fingerprint density at radius 1 is 1.56 bits per heavy atom. The van der Waals surface area contributed by atoms with Gasteiger partial charge in [-0.05, 0) is 24.5 Å². The van der Waals surface area contributed by atoms with Crippen molar-refractivity contribution in [2.45, 2.75) is 25.4 Å². The Morgan fingerprint density at radius 3 is 2.94 bits per heavy atom. The third kappa shape index (κ3) is 3.30. The zero-order valence-electron chi connectivity index (χ0n) is 10.1. The highest BCUT2D eigenvalue weighted by atomic mass is 16.6. The van der Waals surface area contributed by atoms with Crippen LogP contribution in [0.3, 0.4) is 0 Å². The first kappa shape index (κ1) is 12.6. The maximum atomic E-state index is 10.9. The van der Waals surface area contributed by atoms with Gasteiger partial charge in [-0.1, -0.05) is 18.7 Å². The van der Waals surface area contributed by atoms with Gasteiger partial charge in [0.2, 0.25) is 0 Å². The first-order chi connectivity index (χ1) is 8.70. The number of hydrogen-bond acceptors (Lipinski definition) is 4. The van der Waals surface area contributed by atoms with Crippen molar-refractivity contribution in [2.75, 3.05) is 6.61 Å². The SMILES string of the molecule is C=CCOc1cc(CNC2CC2)ccc1[N+](=O)[O-]. The average Bonchev–Trinajstić information content (AvgIpc) is 3.17. The maximum absolute atomic E-state index is 10.9. The summed E-state index contributed by atoms with van der Waals surface area (Å²) in [5, 5.41) is 14.2. The smallest absolute Gasteiger partial charge is 0.310 e. The van der Waals surface area contributed by atoms with Crippen molar-refractivity contribution in [2.24, 2.45) is 0 Å². The fraction of sp³-hybridized carbons (Fsp3) is 0.385. The molecular formula is C13H16N2O3. The van der Waals surface area contributed by atoms with Gasteiger partial charge in [-0.25, -0.2) is 0 Å². The lowest BCUT2D eigenvalue weighted by molar-refractivity contribution is -0.385. The minimum absolute atomic E-state index is 0.00739. The molecule has 1 fully saturated rings. The van der Waals surface area contributed by atoms with Crippen molar-refractivity contribution in [3.8, 4) is 5.75 Å². The Morgan fingerprint density at radius 2 is 2.33 bits per heavy atom. The molecule has 1 N–H and O–H groups in total. The Labute approximate surface area is 106 Å². The summed E-state index contributed by atoms with van der Waals surface area (Å²) in [6, 6.07) is 5.57. The van der Waals surface area contributed by atoms with E-state index in [0.717, 1.165) is 5.56 Å². The van der Waals surface area contributed by atoms with Crippen LogP contribution >= 0.6 is 0 Å². The Bertz CT molecular complexity index is 456. The predicted octanol–water partition coefficient (Wildman–Crippen LogP) is 2.41. The zero-order valence-corrected chi connectivity index (χ0v) is 10.1. The number of nitrogens with zero attached hydrogens (tertiary/aromatic N) is 1. The standard InChI is InChI=1S/C13H16N2O3/c1-2-7-18-13-8-10(9-14-11-4-5-11)3-6-12(13)15(16)17/h2-3,6,8,11,14H,1,4-5,7,9H2. The Hall–Kier alpha value is -1.88. The van der Waals surface area contributed by atoms with Gasteiger partial charge in [0.1, 0.15) is 6.61 Å². The van der Waals surface area contributed by atoms with Gasteiger partial charge in [0.15, 0.2) is 5.75 Å². The molecule has 1 saturated carbocycles. The monoisotopic (exact) mass is 248 g/mol. The maximum Gasteiger partial charge on any atom is 0.310 e. The molecule has 1 aliphatic carbocycles. The predicted molar refractivity (Wildman–Crippen MR) is 68.7 cm³/mol. The third-order valence-corrected chi connectivity index (χ3v) is 2.75. The second kappa shape index (κ2) is 5.64. The number of nitro groups is 1. The van der Waals surface area contributed by atoms with E-state index in [2.05, 4.69) is 11.9 Å². The lowest BCUT2D eigenvalue weighted by Crippen LogP contribution is -2.15. The average molecular weight is 248 g/mol. The van der Waals surface area contributed by atoms with Crippen LogP contribution in [-0.4, -0.2) is 17.6 Å². The van der Waals surface area contributed by atoms with Gasteiger partial charge in [-0.3, -0.25) is 10.1 Å². The van der Waals surface area contributed by atoms with Crippen molar-refractivity contribution >= 4 is 5.69 Å². The van der Waals surface area contributed by atoms with Gasteiger partial charge in [0.25, 0.3) is 0 Å². The molecule has 0 aromatic heterocycles. The lowest BCUT2D eigenvalue weighted by Gasteiger charge is -2.08. The van der Waals surface area contributed by atoms with Gasteiger partial charge < -0.3 is 10.1 Å². The van der Waals surface area contributed by atoms with Gasteiger partial charge in [0.05, 0.1) is 4.92 Å². The van der Waals surface area contributed by atoms with Crippen LogP contribution < -0.4 is 10.1 Å². The van der Waals surface area contributed by atoms with E-state index in [9.17, 15) is 10.1 Å². The van der Waals surface area contributed by atoms with Crippen molar-refractivity contribution in [3.05, 3.63) is 46.5 Å². The summed E-state index contributed by atoms with van der Waals surface area (Å²) < 4.78 is 5.32. The highest BCUT2D eigenvalue weighted by molar-refractivity contribution is 5.48. The summed E-state index contributed by atoms with van der Waals surface area (Å²) >= 11 is 0. The number of nitro benzene ring substituents is 1. The normalized spacial score (nSPS) is 14.2. The Kier molecular flexibility index (Phi) is 3.94. The minimum atomic E-state index is -0.434. The largest absolute Gasteiger partial charge is 0.483 e. The van der Waals surface area contributed by atoms with Gasteiger partial charge in [0, 0.05) is 18.7 Å². The van der Waals surface area contributed by atoms with E-state index in [1.165, 1.54) is 18.9 Å². The fourth-order valence-electron chi connectivity index (χ4n) is 1.63. The zero-order chi connectivity index (χ0) is 13.0. The Balaban J connectivity index is 2.11. The first-order valence-corrected chi connectivity index (χ1v) is 5.95. The molecule has 0 heterocycles. The molecule has 0 spiro atoms. The summed E-state index contributed by atoms with van der Waals surface area (Å²) in [4.78, 5) is 10.4. The van der Waals surface area contributed by atoms with Gasteiger partial charge >= 0.3 is 5.69 Å². The highest BCUT2D eigenvalue weighted by Gasteiger charge is 2.21. The van der Waals surface area contributed by atoms with Gasteiger partial charge in [-0.2, -0.15) is 0 Å². The number of nitrogens with one attached hydrogen (secondary N) is 1. The molecule has 5 heteroatoms. The van der Waals surface area contributed by atoms with E-state index >= 15 is 0 Å². The van der Waals surface area contributed by atoms with Crippen molar-refractivity contribution in [1.82, 2.24) is 5.32 Å². The van der Waals surface area contributed by atoms with Crippen LogP contribution in [0.25, 0.3) is 0 Å². The second-order valence-corrected chi connectivity index (χ2v) is 4.31. The fourth-order valence-corrected chi connectivity index (χ4v) is 1.63. The lowest BCUT2D eigenvalue weighted by atomic mass is 10.2. The molecule has 96 valence electrons. The van der Waals surface area contributed by atoms with Crippen molar-refractivity contribution < 1.29 is 9.66 Å². The molecular weight excluding hydrogens is 232 g/mol. The molecule has 0 amide bonds. The molecule has 0 aliphatic heterocycles. The molecule has 5 nitrogen and oxygen atoms in total. The number of benzene rings is 1. The summed E-state index contributed by atoms with van der Waals surface area (Å²) in [5.74, 6) is 0.301. The van der Waals surface area contributed by atoms with E-state index < -0.39 is 4.92 Å². The van der Waals surface area contributed by atoms with Crippen molar-refractivity contribution in [1.29, 1.82) is 0 Å². The molecule has 2 rings (SSSR count). The molecule has 0 bridgehead atoms. The van der Waals surface area contributed by atoms with E-state index in [-0.39, 0.29) is 12.3 Å². The van der Waals surface area contributed by atoms with E-state index in [1.807, 2.05) is 0 Å². The molecule has 0 atom stereocenters. The molecule has 1 aromatic rings. The molecule has 1 aliphatic rings. The van der Waals surface area contributed by atoms with Crippen LogP contribution in [0.5, 0.6) is 5.75 Å². The van der Waals surface area contributed by atoms with Crippen LogP contribution in [0.15, 0.2) is 30.9 Å². The first-order valence-electron chi connectivity index (χ1n) is 5.95.